The highest BCUT2D eigenvalue weighted by atomic mass is 35.5. The minimum atomic E-state index is -0.505. The molecule has 1 aliphatic carbocycles. The van der Waals surface area contributed by atoms with Crippen LogP contribution in [0.2, 0.25) is 5.02 Å². The molecule has 1 aromatic heterocycles. The minimum Gasteiger partial charge on any atom is -0.407 e. The van der Waals surface area contributed by atoms with Crippen LogP contribution in [0.5, 0.6) is 5.88 Å². The number of hydrogen-bond acceptors (Lipinski definition) is 4. The van der Waals surface area contributed by atoms with Crippen molar-refractivity contribution in [1.82, 2.24) is 9.78 Å². The van der Waals surface area contributed by atoms with Crippen LogP contribution in [-0.2, 0) is 4.79 Å². The molecular weight excluding hydrogens is 469 g/mol. The normalized spacial score (nSPS) is 12.9. The van der Waals surface area contributed by atoms with Gasteiger partial charge >= 0.3 is 5.97 Å². The molecule has 1 N–H and O–H groups in total. The van der Waals surface area contributed by atoms with Gasteiger partial charge < -0.3 is 10.1 Å². The van der Waals surface area contributed by atoms with Crippen LogP contribution < -0.4 is 10.1 Å². The van der Waals surface area contributed by atoms with Crippen molar-refractivity contribution in [3.8, 4) is 22.7 Å². The maximum Gasteiger partial charge on any atom is 0.309 e. The van der Waals surface area contributed by atoms with Crippen LogP contribution in [0, 0.1) is 5.82 Å². The lowest BCUT2D eigenvalue weighted by Gasteiger charge is -2.11. The lowest BCUT2D eigenvalue weighted by Crippen LogP contribution is -2.12. The number of ether oxygens (including phenoxy) is 1. The van der Waals surface area contributed by atoms with E-state index in [-0.39, 0.29) is 17.7 Å². The van der Waals surface area contributed by atoms with E-state index in [9.17, 15) is 14.0 Å². The molecule has 0 bridgehead atoms. The van der Waals surface area contributed by atoms with Crippen LogP contribution in [0.3, 0.4) is 0 Å². The van der Waals surface area contributed by atoms with Gasteiger partial charge in [0, 0.05) is 18.5 Å². The Morgan fingerprint density at radius 3 is 2.46 bits per heavy atom. The lowest BCUT2D eigenvalue weighted by atomic mass is 10.0. The molecule has 1 aliphatic rings. The van der Waals surface area contributed by atoms with Crippen LogP contribution in [0.1, 0.15) is 41.7 Å². The third kappa shape index (κ3) is 4.81. The van der Waals surface area contributed by atoms with E-state index in [1.807, 2.05) is 12.1 Å². The second-order valence-electron chi connectivity index (χ2n) is 8.34. The summed E-state index contributed by atoms with van der Waals surface area (Å²) < 4.78 is 21.0. The zero-order valence-electron chi connectivity index (χ0n) is 18.8. The first-order valence-electron chi connectivity index (χ1n) is 11.1. The molecule has 1 saturated carbocycles. The van der Waals surface area contributed by atoms with Crippen molar-refractivity contribution >= 4 is 29.2 Å². The molecule has 0 atom stereocenters. The smallest absolute Gasteiger partial charge is 0.309 e. The fourth-order valence-corrected chi connectivity index (χ4v) is 4.13. The number of anilines is 1. The highest BCUT2D eigenvalue weighted by Gasteiger charge is 2.34. The predicted molar refractivity (Wildman–Crippen MR) is 132 cm³/mol. The molecule has 4 aromatic rings. The van der Waals surface area contributed by atoms with E-state index >= 15 is 0 Å². The molecule has 8 heteroatoms. The Hall–Kier alpha value is -3.97. The number of nitrogens with zero attached hydrogens (tertiary/aromatic N) is 2. The summed E-state index contributed by atoms with van der Waals surface area (Å²) in [5, 5.41) is 7.93. The van der Waals surface area contributed by atoms with Crippen LogP contribution in [0.15, 0.2) is 72.8 Å². The molecule has 0 saturated heterocycles. The van der Waals surface area contributed by atoms with Crippen LogP contribution in [0.25, 0.3) is 16.8 Å². The van der Waals surface area contributed by atoms with Gasteiger partial charge in [0.1, 0.15) is 5.82 Å². The van der Waals surface area contributed by atoms with Gasteiger partial charge in [0.25, 0.3) is 5.91 Å². The number of rotatable bonds is 6. The summed E-state index contributed by atoms with van der Waals surface area (Å²) in [6, 6.07) is 20.0. The first kappa shape index (κ1) is 22.8. The maximum absolute atomic E-state index is 14.0. The maximum atomic E-state index is 14.0. The Morgan fingerprint density at radius 1 is 1.06 bits per heavy atom. The molecule has 0 unspecified atom stereocenters. The fourth-order valence-electron chi connectivity index (χ4n) is 3.91. The van der Waals surface area contributed by atoms with Crippen molar-refractivity contribution < 1.29 is 18.7 Å². The second kappa shape index (κ2) is 9.35. The summed E-state index contributed by atoms with van der Waals surface area (Å²) in [7, 11) is 0. The Labute approximate surface area is 206 Å². The minimum absolute atomic E-state index is 0.230. The van der Waals surface area contributed by atoms with E-state index in [4.69, 9.17) is 21.4 Å². The third-order valence-corrected chi connectivity index (χ3v) is 6.01. The van der Waals surface area contributed by atoms with E-state index < -0.39 is 11.8 Å². The van der Waals surface area contributed by atoms with Gasteiger partial charge in [0.05, 0.1) is 27.5 Å². The number of aromatic nitrogens is 2. The fraction of sp³-hybridized carbons (Fsp3) is 0.148. The van der Waals surface area contributed by atoms with Gasteiger partial charge in [-0.25, -0.2) is 4.39 Å². The van der Waals surface area contributed by atoms with Gasteiger partial charge in [-0.05, 0) is 60.9 Å². The third-order valence-electron chi connectivity index (χ3n) is 5.68. The number of amides is 1. The van der Waals surface area contributed by atoms with E-state index in [0.717, 1.165) is 24.1 Å². The highest BCUT2D eigenvalue weighted by molar-refractivity contribution is 6.34. The lowest BCUT2D eigenvalue weighted by molar-refractivity contribution is -0.132. The van der Waals surface area contributed by atoms with Crippen molar-refractivity contribution in [3.05, 3.63) is 94.9 Å². The van der Waals surface area contributed by atoms with E-state index in [2.05, 4.69) is 5.32 Å². The standard InChI is InChI=1S/C27H21ClFN3O3/c1-16(33)35-27-24(25(18-9-10-18)31-32(27)21-6-4-5-19(29)15-21)17-11-13-20(14-12-17)30-26(34)22-7-2-3-8-23(22)28/h2-8,11-15,18H,9-10H2,1H3,(H,30,34). The molecule has 6 nitrogen and oxygen atoms in total. The summed E-state index contributed by atoms with van der Waals surface area (Å²) >= 11 is 6.13. The predicted octanol–water partition coefficient (Wildman–Crippen LogP) is 6.39. The van der Waals surface area contributed by atoms with Gasteiger partial charge in [-0.15, -0.1) is 0 Å². The van der Waals surface area contributed by atoms with Gasteiger partial charge in [-0.3, -0.25) is 9.59 Å². The SMILES string of the molecule is CC(=O)Oc1c(-c2ccc(NC(=O)c3ccccc3Cl)cc2)c(C2CC2)nn1-c1cccc(F)c1. The monoisotopic (exact) mass is 489 g/mol. The first-order chi connectivity index (χ1) is 16.9. The van der Waals surface area contributed by atoms with Crippen LogP contribution in [0.4, 0.5) is 10.1 Å². The van der Waals surface area contributed by atoms with E-state index in [1.54, 1.807) is 48.5 Å². The molecule has 1 fully saturated rings. The number of benzene rings is 3. The second-order valence-corrected chi connectivity index (χ2v) is 8.74. The quantitative estimate of drug-likeness (QED) is 0.319. The van der Waals surface area contributed by atoms with Crippen molar-refractivity contribution in [2.75, 3.05) is 5.32 Å². The van der Waals surface area contributed by atoms with Crippen molar-refractivity contribution in [2.24, 2.45) is 0 Å². The van der Waals surface area contributed by atoms with Crippen molar-refractivity contribution in [1.29, 1.82) is 0 Å². The molecule has 0 spiro atoms. The van der Waals surface area contributed by atoms with Crippen LogP contribution >= 0.6 is 11.6 Å². The number of hydrogen-bond donors (Lipinski definition) is 1. The molecule has 35 heavy (non-hydrogen) atoms. The van der Waals surface area contributed by atoms with E-state index in [1.165, 1.54) is 23.7 Å². The molecule has 3 aromatic carbocycles. The molecular formula is C27H21ClFN3O3. The average Bonchev–Trinajstić information content (AvgIpc) is 3.61. The Morgan fingerprint density at radius 2 is 1.80 bits per heavy atom. The van der Waals surface area contributed by atoms with E-state index in [0.29, 0.717) is 27.5 Å². The van der Waals surface area contributed by atoms with Gasteiger partial charge in [-0.2, -0.15) is 9.78 Å². The number of esters is 1. The average molecular weight is 490 g/mol. The summed E-state index contributed by atoms with van der Waals surface area (Å²) in [5.41, 5.74) is 3.65. The highest BCUT2D eigenvalue weighted by Crippen LogP contribution is 2.48. The molecule has 0 radical (unpaired) electrons. The molecule has 0 aliphatic heterocycles. The summed E-state index contributed by atoms with van der Waals surface area (Å²) in [5.74, 6) is -0.775. The Bertz CT molecular complexity index is 1430. The number of carbonyl (C=O) groups is 2. The van der Waals surface area contributed by atoms with Crippen molar-refractivity contribution in [3.63, 3.8) is 0 Å². The summed E-state index contributed by atoms with van der Waals surface area (Å²) in [6.07, 6.45) is 1.94. The zero-order chi connectivity index (χ0) is 24.5. The Kier molecular flexibility index (Phi) is 6.09. The molecule has 5 rings (SSSR count). The summed E-state index contributed by atoms with van der Waals surface area (Å²) in [4.78, 5) is 24.6. The van der Waals surface area contributed by atoms with Gasteiger partial charge in [0.15, 0.2) is 0 Å². The molecule has 1 amide bonds. The Balaban J connectivity index is 1.53. The largest absolute Gasteiger partial charge is 0.407 e. The van der Waals surface area contributed by atoms with Gasteiger partial charge in [0.2, 0.25) is 5.88 Å². The van der Waals surface area contributed by atoms with Crippen molar-refractivity contribution in [2.45, 2.75) is 25.7 Å². The van der Waals surface area contributed by atoms with Gasteiger partial charge in [-0.1, -0.05) is 41.9 Å². The summed E-state index contributed by atoms with van der Waals surface area (Å²) in [6.45, 7) is 1.32. The van der Waals surface area contributed by atoms with Crippen LogP contribution in [-0.4, -0.2) is 21.7 Å². The topological polar surface area (TPSA) is 73.2 Å². The molecule has 1 heterocycles. The first-order valence-corrected chi connectivity index (χ1v) is 11.5. The number of carbonyl (C=O) groups excluding carboxylic acids is 2. The zero-order valence-corrected chi connectivity index (χ0v) is 19.6. The molecule has 176 valence electrons. The number of halogens is 2. The number of nitrogens with one attached hydrogen (secondary N) is 1.